The van der Waals surface area contributed by atoms with Crippen molar-refractivity contribution < 1.29 is 0 Å². The van der Waals surface area contributed by atoms with Crippen LogP contribution in [0.4, 0.5) is 5.82 Å². The molecule has 2 aromatic rings. The van der Waals surface area contributed by atoms with Crippen LogP contribution < -0.4 is 5.32 Å². The average Bonchev–Trinajstić information content (AvgIpc) is 2.82. The quantitative estimate of drug-likeness (QED) is 0.843. The monoisotopic (exact) mass is 228 g/mol. The summed E-state index contributed by atoms with van der Waals surface area (Å²) in [6.45, 7) is 3.22. The van der Waals surface area contributed by atoms with Crippen LogP contribution in [0, 0.1) is 18.3 Å². The van der Waals surface area contributed by atoms with E-state index in [-0.39, 0.29) is 0 Å². The molecule has 0 saturated carbocycles. The van der Waals surface area contributed by atoms with Crippen molar-refractivity contribution in [2.45, 2.75) is 13.5 Å². The summed E-state index contributed by atoms with van der Waals surface area (Å²) < 4.78 is 1.72. The summed E-state index contributed by atoms with van der Waals surface area (Å²) in [5.41, 5.74) is 1.43. The van der Waals surface area contributed by atoms with Crippen LogP contribution in [0.15, 0.2) is 24.5 Å². The van der Waals surface area contributed by atoms with Crippen LogP contribution in [0.3, 0.4) is 0 Å². The van der Waals surface area contributed by atoms with E-state index in [9.17, 15) is 0 Å². The molecule has 0 radical (unpaired) electrons. The molecule has 2 aromatic heterocycles. The summed E-state index contributed by atoms with van der Waals surface area (Å²) in [6.07, 6.45) is 3.42. The fourth-order valence-corrected chi connectivity index (χ4v) is 1.42. The first kappa shape index (κ1) is 11.1. The minimum Gasteiger partial charge on any atom is -0.367 e. The molecule has 0 aliphatic heterocycles. The molecule has 0 bridgehead atoms. The van der Waals surface area contributed by atoms with Gasteiger partial charge in [0.2, 0.25) is 0 Å². The molecule has 2 heterocycles. The Hall–Kier alpha value is -2.42. The Balaban J connectivity index is 1.99. The van der Waals surface area contributed by atoms with Crippen molar-refractivity contribution >= 4 is 5.82 Å². The number of nitrogens with zero attached hydrogens (tertiary/aromatic N) is 5. The molecule has 0 saturated heterocycles. The molecule has 0 amide bonds. The third kappa shape index (κ3) is 2.78. The first-order valence-electron chi connectivity index (χ1n) is 5.25. The van der Waals surface area contributed by atoms with Crippen LogP contribution in [0.2, 0.25) is 0 Å². The van der Waals surface area contributed by atoms with E-state index in [1.165, 1.54) is 0 Å². The molecule has 17 heavy (non-hydrogen) atoms. The van der Waals surface area contributed by atoms with E-state index in [1.54, 1.807) is 23.1 Å². The summed E-state index contributed by atoms with van der Waals surface area (Å²) in [4.78, 5) is 4.28. The average molecular weight is 228 g/mol. The number of hydrogen-bond acceptors (Lipinski definition) is 5. The number of nitrogens with one attached hydrogen (secondary N) is 1. The van der Waals surface area contributed by atoms with Gasteiger partial charge >= 0.3 is 0 Å². The zero-order valence-corrected chi connectivity index (χ0v) is 9.46. The van der Waals surface area contributed by atoms with E-state index >= 15 is 0 Å². The second-order valence-electron chi connectivity index (χ2n) is 3.55. The van der Waals surface area contributed by atoms with Crippen LogP contribution in [-0.2, 0) is 6.54 Å². The van der Waals surface area contributed by atoms with Crippen molar-refractivity contribution in [3.05, 3.63) is 35.8 Å². The van der Waals surface area contributed by atoms with E-state index in [0.717, 1.165) is 5.69 Å². The third-order valence-electron chi connectivity index (χ3n) is 2.26. The van der Waals surface area contributed by atoms with Gasteiger partial charge in [0, 0.05) is 18.4 Å². The SMILES string of the molecule is Cc1ccc(C#N)c(NCCn2ccnn2)n1. The summed E-state index contributed by atoms with van der Waals surface area (Å²) >= 11 is 0. The highest BCUT2D eigenvalue weighted by molar-refractivity contribution is 5.52. The van der Waals surface area contributed by atoms with Crippen LogP contribution in [0.1, 0.15) is 11.3 Å². The Morgan fingerprint density at radius 2 is 2.35 bits per heavy atom. The van der Waals surface area contributed by atoms with Crippen LogP contribution in [-0.4, -0.2) is 26.5 Å². The molecular formula is C11H12N6. The second kappa shape index (κ2) is 5.07. The number of aromatic nitrogens is 4. The molecule has 0 aromatic carbocycles. The normalized spacial score (nSPS) is 9.88. The fraction of sp³-hybridized carbons (Fsp3) is 0.273. The van der Waals surface area contributed by atoms with E-state index in [1.807, 2.05) is 13.0 Å². The zero-order chi connectivity index (χ0) is 12.1. The van der Waals surface area contributed by atoms with Gasteiger partial charge in [-0.25, -0.2) is 4.98 Å². The molecule has 0 aliphatic carbocycles. The maximum absolute atomic E-state index is 8.94. The number of nitriles is 1. The number of anilines is 1. The lowest BCUT2D eigenvalue weighted by Crippen LogP contribution is -2.13. The molecule has 2 rings (SSSR count). The minimum absolute atomic E-state index is 0.550. The number of hydrogen-bond donors (Lipinski definition) is 1. The molecule has 0 fully saturated rings. The van der Waals surface area contributed by atoms with Crippen molar-refractivity contribution in [1.29, 1.82) is 5.26 Å². The summed E-state index contributed by atoms with van der Waals surface area (Å²) in [7, 11) is 0. The predicted molar refractivity (Wildman–Crippen MR) is 62.2 cm³/mol. The lowest BCUT2D eigenvalue weighted by Gasteiger charge is -2.07. The van der Waals surface area contributed by atoms with Gasteiger partial charge in [0.1, 0.15) is 11.9 Å². The number of pyridine rings is 1. The molecular weight excluding hydrogens is 216 g/mol. The summed E-state index contributed by atoms with van der Waals surface area (Å²) in [5.74, 6) is 0.618. The van der Waals surface area contributed by atoms with Gasteiger partial charge in [-0.3, -0.25) is 4.68 Å². The molecule has 6 heteroatoms. The van der Waals surface area contributed by atoms with Crippen molar-refractivity contribution in [2.75, 3.05) is 11.9 Å². The van der Waals surface area contributed by atoms with Gasteiger partial charge in [-0.1, -0.05) is 5.21 Å². The van der Waals surface area contributed by atoms with Gasteiger partial charge in [-0.05, 0) is 19.1 Å². The lowest BCUT2D eigenvalue weighted by molar-refractivity contribution is 0.608. The topological polar surface area (TPSA) is 79.4 Å². The highest BCUT2D eigenvalue weighted by Gasteiger charge is 2.03. The Morgan fingerprint density at radius 3 is 3.06 bits per heavy atom. The van der Waals surface area contributed by atoms with E-state index in [2.05, 4.69) is 26.7 Å². The Kier molecular flexibility index (Phi) is 3.31. The third-order valence-corrected chi connectivity index (χ3v) is 2.26. The fourth-order valence-electron chi connectivity index (χ4n) is 1.42. The maximum Gasteiger partial charge on any atom is 0.144 e. The number of rotatable bonds is 4. The molecule has 86 valence electrons. The lowest BCUT2D eigenvalue weighted by atomic mass is 10.2. The largest absolute Gasteiger partial charge is 0.367 e. The van der Waals surface area contributed by atoms with Gasteiger partial charge in [0.05, 0.1) is 18.3 Å². The predicted octanol–water partition coefficient (Wildman–Crippen LogP) is 0.965. The molecule has 0 spiro atoms. The van der Waals surface area contributed by atoms with Crippen molar-refractivity contribution in [3.63, 3.8) is 0 Å². The van der Waals surface area contributed by atoms with E-state index in [0.29, 0.717) is 24.5 Å². The molecule has 0 atom stereocenters. The molecule has 6 nitrogen and oxygen atoms in total. The van der Waals surface area contributed by atoms with Gasteiger partial charge in [-0.15, -0.1) is 5.10 Å². The smallest absolute Gasteiger partial charge is 0.144 e. The van der Waals surface area contributed by atoms with E-state index < -0.39 is 0 Å². The highest BCUT2D eigenvalue weighted by Crippen LogP contribution is 2.11. The maximum atomic E-state index is 8.94. The van der Waals surface area contributed by atoms with Crippen molar-refractivity contribution in [3.8, 4) is 6.07 Å². The molecule has 0 unspecified atom stereocenters. The van der Waals surface area contributed by atoms with Crippen LogP contribution in [0.25, 0.3) is 0 Å². The molecule has 0 aliphatic rings. The molecule has 1 N–H and O–H groups in total. The van der Waals surface area contributed by atoms with Crippen molar-refractivity contribution in [2.24, 2.45) is 0 Å². The van der Waals surface area contributed by atoms with Crippen molar-refractivity contribution in [1.82, 2.24) is 20.0 Å². The van der Waals surface area contributed by atoms with Crippen LogP contribution >= 0.6 is 0 Å². The standard InChI is InChI=1S/C11H12N6/c1-9-2-3-10(8-12)11(15-9)13-4-6-17-7-5-14-16-17/h2-3,5,7H,4,6H2,1H3,(H,13,15). The number of aryl methyl sites for hydroxylation is 1. The van der Waals surface area contributed by atoms with Crippen LogP contribution in [0.5, 0.6) is 0 Å². The summed E-state index contributed by atoms with van der Waals surface area (Å²) in [6, 6.07) is 5.69. The Morgan fingerprint density at radius 1 is 1.47 bits per heavy atom. The highest BCUT2D eigenvalue weighted by atomic mass is 15.4. The minimum atomic E-state index is 0.550. The van der Waals surface area contributed by atoms with Gasteiger partial charge in [-0.2, -0.15) is 5.26 Å². The first-order chi connectivity index (χ1) is 8.29. The van der Waals surface area contributed by atoms with Gasteiger partial charge in [0.25, 0.3) is 0 Å². The summed E-state index contributed by atoms with van der Waals surface area (Å²) in [5, 5.41) is 19.6. The second-order valence-corrected chi connectivity index (χ2v) is 3.55. The van der Waals surface area contributed by atoms with Gasteiger partial charge in [0.15, 0.2) is 0 Å². The van der Waals surface area contributed by atoms with Gasteiger partial charge < -0.3 is 5.32 Å². The van der Waals surface area contributed by atoms with E-state index in [4.69, 9.17) is 5.26 Å². The zero-order valence-electron chi connectivity index (χ0n) is 9.46. The Bertz CT molecular complexity index is 525. The first-order valence-corrected chi connectivity index (χ1v) is 5.25. The Labute approximate surface area is 98.9 Å².